The SMILES string of the molecule is CCCCC(C(=O)N(C)C)C(C(=O)O)(C(=O)O)C(CCCC)C(=O)N(C)C. The maximum atomic E-state index is 12.8. The van der Waals surface area contributed by atoms with Crippen LogP contribution in [0.25, 0.3) is 0 Å². The third kappa shape index (κ3) is 5.43. The fourth-order valence-electron chi connectivity index (χ4n) is 3.46. The average molecular weight is 386 g/mol. The first-order valence-electron chi connectivity index (χ1n) is 9.39. The first-order valence-corrected chi connectivity index (χ1v) is 9.39. The zero-order valence-corrected chi connectivity index (χ0v) is 17.3. The average Bonchev–Trinajstić information content (AvgIpc) is 2.58. The van der Waals surface area contributed by atoms with Crippen LogP contribution in [-0.4, -0.2) is 72.0 Å². The first-order chi connectivity index (χ1) is 12.5. The van der Waals surface area contributed by atoms with Crippen LogP contribution in [0.1, 0.15) is 52.4 Å². The highest BCUT2D eigenvalue weighted by molar-refractivity contribution is 6.07. The van der Waals surface area contributed by atoms with Gasteiger partial charge < -0.3 is 20.0 Å². The lowest BCUT2D eigenvalue weighted by molar-refractivity contribution is -0.183. The molecular formula is C19H34N2O6. The normalized spacial score (nSPS) is 13.6. The van der Waals surface area contributed by atoms with E-state index in [4.69, 9.17) is 0 Å². The summed E-state index contributed by atoms with van der Waals surface area (Å²) in [4.78, 5) is 52.9. The van der Waals surface area contributed by atoms with Gasteiger partial charge in [0.05, 0.1) is 11.8 Å². The van der Waals surface area contributed by atoms with Crippen LogP contribution in [0.3, 0.4) is 0 Å². The molecule has 0 saturated heterocycles. The molecule has 2 amide bonds. The van der Waals surface area contributed by atoms with Gasteiger partial charge in [-0.25, -0.2) is 0 Å². The van der Waals surface area contributed by atoms with Crippen LogP contribution in [0, 0.1) is 17.3 Å². The molecule has 0 fully saturated rings. The summed E-state index contributed by atoms with van der Waals surface area (Å²) in [6, 6.07) is 0. The topological polar surface area (TPSA) is 115 Å². The van der Waals surface area contributed by atoms with E-state index >= 15 is 0 Å². The Bertz CT molecular complexity index is 496. The van der Waals surface area contributed by atoms with E-state index in [9.17, 15) is 29.4 Å². The van der Waals surface area contributed by atoms with E-state index in [1.807, 2.05) is 13.8 Å². The van der Waals surface area contributed by atoms with Gasteiger partial charge >= 0.3 is 11.9 Å². The number of nitrogens with zero attached hydrogens (tertiary/aromatic N) is 2. The second-order valence-corrected chi connectivity index (χ2v) is 7.33. The Morgan fingerprint density at radius 2 is 1.04 bits per heavy atom. The van der Waals surface area contributed by atoms with Gasteiger partial charge in [0.1, 0.15) is 0 Å². The van der Waals surface area contributed by atoms with Crippen LogP contribution in [0.2, 0.25) is 0 Å². The molecule has 0 radical (unpaired) electrons. The molecule has 0 aromatic heterocycles. The maximum absolute atomic E-state index is 12.8. The Hall–Kier alpha value is -2.12. The summed E-state index contributed by atoms with van der Waals surface area (Å²) in [7, 11) is 5.85. The Morgan fingerprint density at radius 1 is 0.741 bits per heavy atom. The highest BCUT2D eigenvalue weighted by Crippen LogP contribution is 2.44. The summed E-state index contributed by atoms with van der Waals surface area (Å²) >= 11 is 0. The van der Waals surface area contributed by atoms with Gasteiger partial charge in [0.25, 0.3) is 0 Å². The van der Waals surface area contributed by atoms with E-state index in [1.165, 1.54) is 38.0 Å². The Balaban J connectivity index is 6.70. The minimum absolute atomic E-state index is 0.0927. The van der Waals surface area contributed by atoms with E-state index < -0.39 is 41.0 Å². The third-order valence-corrected chi connectivity index (χ3v) is 4.98. The van der Waals surface area contributed by atoms with Gasteiger partial charge in [-0.3, -0.25) is 19.2 Å². The molecule has 2 N–H and O–H groups in total. The second-order valence-electron chi connectivity index (χ2n) is 7.33. The predicted molar refractivity (Wildman–Crippen MR) is 101 cm³/mol. The van der Waals surface area contributed by atoms with Crippen LogP contribution in [0.15, 0.2) is 0 Å². The van der Waals surface area contributed by atoms with Gasteiger partial charge in [0, 0.05) is 28.2 Å². The Morgan fingerprint density at radius 3 is 1.22 bits per heavy atom. The first kappa shape index (κ1) is 24.9. The van der Waals surface area contributed by atoms with E-state index in [0.717, 1.165) is 0 Å². The van der Waals surface area contributed by atoms with Crippen LogP contribution < -0.4 is 0 Å². The summed E-state index contributed by atoms with van der Waals surface area (Å²) in [6.45, 7) is 3.75. The molecule has 8 nitrogen and oxygen atoms in total. The number of rotatable bonds is 12. The van der Waals surface area contributed by atoms with Crippen molar-refractivity contribution in [3.05, 3.63) is 0 Å². The van der Waals surface area contributed by atoms with E-state index in [1.54, 1.807) is 0 Å². The van der Waals surface area contributed by atoms with Crippen LogP contribution in [0.4, 0.5) is 0 Å². The molecule has 0 aliphatic carbocycles. The van der Waals surface area contributed by atoms with Crippen molar-refractivity contribution < 1.29 is 29.4 Å². The zero-order valence-electron chi connectivity index (χ0n) is 17.3. The van der Waals surface area contributed by atoms with Gasteiger partial charge in [0.15, 0.2) is 5.41 Å². The standard InChI is InChI=1S/C19H34N2O6/c1-7-9-11-13(15(22)20(3)4)19(17(24)25,18(26)27)14(12-10-8-2)16(23)21(5)6/h13-14H,7-12H2,1-6H3,(H,24,25)(H,26,27). The Labute approximate surface area is 161 Å². The van der Waals surface area contributed by atoms with Gasteiger partial charge in [-0.2, -0.15) is 0 Å². The summed E-state index contributed by atoms with van der Waals surface area (Å²) in [6.07, 6.45) is 2.51. The largest absolute Gasteiger partial charge is 0.480 e. The number of unbranched alkanes of at least 4 members (excludes halogenated alkanes) is 2. The van der Waals surface area contributed by atoms with Crippen molar-refractivity contribution in [3.63, 3.8) is 0 Å². The summed E-state index contributed by atoms with van der Waals surface area (Å²) in [5.41, 5.74) is -2.51. The van der Waals surface area contributed by atoms with Crippen molar-refractivity contribution >= 4 is 23.8 Å². The summed E-state index contributed by atoms with van der Waals surface area (Å²) in [5, 5.41) is 20.1. The molecule has 0 rings (SSSR count). The number of carboxylic acid groups (broad SMARTS) is 2. The number of hydrogen-bond acceptors (Lipinski definition) is 4. The zero-order chi connectivity index (χ0) is 21.4. The van der Waals surface area contributed by atoms with Crippen LogP contribution in [0.5, 0.6) is 0 Å². The number of aliphatic carboxylic acids is 2. The lowest BCUT2D eigenvalue weighted by atomic mass is 9.62. The Kier molecular flexibility index (Phi) is 10.0. The molecule has 2 unspecified atom stereocenters. The highest BCUT2D eigenvalue weighted by atomic mass is 16.4. The molecule has 0 aromatic rings. The number of hydrogen-bond donors (Lipinski definition) is 2. The lowest BCUT2D eigenvalue weighted by Gasteiger charge is -2.40. The molecule has 0 bridgehead atoms. The number of carbonyl (C=O) groups is 4. The number of carboxylic acids is 2. The van der Waals surface area contributed by atoms with E-state index in [-0.39, 0.29) is 12.8 Å². The van der Waals surface area contributed by atoms with Crippen molar-refractivity contribution in [3.8, 4) is 0 Å². The minimum Gasteiger partial charge on any atom is -0.480 e. The van der Waals surface area contributed by atoms with Crippen molar-refractivity contribution in [1.82, 2.24) is 9.80 Å². The fraction of sp³-hybridized carbons (Fsp3) is 0.789. The van der Waals surface area contributed by atoms with E-state index in [2.05, 4.69) is 0 Å². The lowest BCUT2D eigenvalue weighted by Crippen LogP contribution is -2.59. The second kappa shape index (κ2) is 10.9. The molecule has 0 aliphatic rings. The van der Waals surface area contributed by atoms with Crippen molar-refractivity contribution in [2.45, 2.75) is 52.4 Å². The molecule has 0 spiro atoms. The monoisotopic (exact) mass is 386 g/mol. The maximum Gasteiger partial charge on any atom is 0.322 e. The number of amides is 2. The molecule has 2 atom stereocenters. The van der Waals surface area contributed by atoms with Crippen LogP contribution in [-0.2, 0) is 19.2 Å². The molecule has 0 aliphatic heterocycles. The minimum atomic E-state index is -2.51. The highest BCUT2D eigenvalue weighted by Gasteiger charge is 2.62. The van der Waals surface area contributed by atoms with Gasteiger partial charge in [-0.1, -0.05) is 39.5 Å². The van der Waals surface area contributed by atoms with Crippen molar-refractivity contribution in [1.29, 1.82) is 0 Å². The molecule has 0 heterocycles. The quantitative estimate of drug-likeness (QED) is 0.495. The van der Waals surface area contributed by atoms with Gasteiger partial charge in [-0.15, -0.1) is 0 Å². The van der Waals surface area contributed by atoms with Crippen molar-refractivity contribution in [2.75, 3.05) is 28.2 Å². The van der Waals surface area contributed by atoms with Gasteiger partial charge in [0.2, 0.25) is 11.8 Å². The third-order valence-electron chi connectivity index (χ3n) is 4.98. The molecular weight excluding hydrogens is 352 g/mol. The van der Waals surface area contributed by atoms with Gasteiger partial charge in [-0.05, 0) is 12.8 Å². The summed E-state index contributed by atoms with van der Waals surface area (Å²) < 4.78 is 0. The molecule has 156 valence electrons. The van der Waals surface area contributed by atoms with Crippen molar-refractivity contribution in [2.24, 2.45) is 17.3 Å². The fourth-order valence-corrected chi connectivity index (χ4v) is 3.46. The number of carbonyl (C=O) groups excluding carboxylic acids is 2. The summed E-state index contributed by atoms with van der Waals surface area (Å²) in [5.74, 6) is -7.09. The molecule has 27 heavy (non-hydrogen) atoms. The smallest absolute Gasteiger partial charge is 0.322 e. The molecule has 8 heteroatoms. The van der Waals surface area contributed by atoms with Crippen LogP contribution >= 0.6 is 0 Å². The molecule has 0 saturated carbocycles. The molecule has 0 aromatic carbocycles. The van der Waals surface area contributed by atoms with E-state index in [0.29, 0.717) is 25.7 Å². The predicted octanol–water partition coefficient (Wildman–Crippen LogP) is 1.93.